The first-order valence-electron chi connectivity index (χ1n) is 9.03. The number of aryl methyl sites for hydroxylation is 2. The summed E-state index contributed by atoms with van der Waals surface area (Å²) < 4.78 is 7.29. The van der Waals surface area contributed by atoms with Crippen LogP contribution < -0.4 is 0 Å². The Morgan fingerprint density at radius 2 is 1.69 bits per heavy atom. The summed E-state index contributed by atoms with van der Waals surface area (Å²) in [6.45, 7) is 4.20. The Labute approximate surface area is 181 Å². The predicted octanol–water partition coefficient (Wildman–Crippen LogP) is 5.16. The van der Waals surface area contributed by atoms with Gasteiger partial charge in [-0.1, -0.05) is 42.0 Å². The first kappa shape index (κ1) is 19.2. The van der Waals surface area contributed by atoms with Gasteiger partial charge in [0.1, 0.15) is 6.33 Å². The molecular formula is C23H17IrN4O-. The summed E-state index contributed by atoms with van der Waals surface area (Å²) in [5.41, 5.74) is 7.85. The van der Waals surface area contributed by atoms with Crippen LogP contribution >= 0.6 is 0 Å². The maximum absolute atomic E-state index is 5.43. The molecule has 29 heavy (non-hydrogen) atoms. The maximum Gasteiger partial charge on any atom is 0.170 e. The van der Waals surface area contributed by atoms with Crippen molar-refractivity contribution in [1.29, 1.82) is 0 Å². The Kier molecular flexibility index (Phi) is 5.14. The Balaban J connectivity index is 0.00000205. The van der Waals surface area contributed by atoms with E-state index in [1.54, 1.807) is 6.33 Å². The molecule has 0 saturated carbocycles. The number of hydrogen-bond acceptors (Lipinski definition) is 4. The predicted molar refractivity (Wildman–Crippen MR) is 108 cm³/mol. The van der Waals surface area contributed by atoms with Gasteiger partial charge in [0.25, 0.3) is 0 Å². The van der Waals surface area contributed by atoms with E-state index >= 15 is 0 Å². The molecular weight excluding hydrogens is 540 g/mol. The fourth-order valence-corrected chi connectivity index (χ4v) is 3.66. The second-order valence-electron chi connectivity index (χ2n) is 6.74. The fraction of sp³-hybridized carbons (Fsp3) is 0.0870. The molecule has 0 spiro atoms. The van der Waals surface area contributed by atoms with Crippen molar-refractivity contribution >= 4 is 11.1 Å². The molecule has 0 amide bonds. The molecule has 5 rings (SSSR count). The number of benzene rings is 3. The Hall–Kier alpha value is -3.08. The van der Waals surface area contributed by atoms with Gasteiger partial charge in [0, 0.05) is 25.6 Å². The first-order chi connectivity index (χ1) is 13.7. The van der Waals surface area contributed by atoms with Crippen LogP contribution in [0.2, 0.25) is 0 Å². The summed E-state index contributed by atoms with van der Waals surface area (Å²) in [4.78, 5) is 8.82. The van der Waals surface area contributed by atoms with Crippen molar-refractivity contribution in [3.05, 3.63) is 84.5 Å². The summed E-state index contributed by atoms with van der Waals surface area (Å²) in [7, 11) is 0. The second kappa shape index (κ2) is 7.74. The van der Waals surface area contributed by atoms with Crippen LogP contribution in [0.15, 0.2) is 71.7 Å². The van der Waals surface area contributed by atoms with Crippen molar-refractivity contribution in [3.8, 4) is 28.2 Å². The van der Waals surface area contributed by atoms with Crippen molar-refractivity contribution in [2.24, 2.45) is 0 Å². The average molecular weight is 558 g/mol. The van der Waals surface area contributed by atoms with Gasteiger partial charge in [-0.25, -0.2) is 0 Å². The molecule has 0 N–H and O–H groups in total. The van der Waals surface area contributed by atoms with Crippen molar-refractivity contribution in [2.45, 2.75) is 13.8 Å². The number of aromatic nitrogens is 4. The maximum atomic E-state index is 5.43. The first-order valence-corrected chi connectivity index (χ1v) is 9.03. The number of nitrogens with zero attached hydrogens (tertiary/aromatic N) is 4. The van der Waals surface area contributed by atoms with E-state index < -0.39 is 0 Å². The van der Waals surface area contributed by atoms with Crippen molar-refractivity contribution in [2.75, 3.05) is 0 Å². The zero-order valence-electron chi connectivity index (χ0n) is 15.9. The van der Waals surface area contributed by atoms with Crippen molar-refractivity contribution < 1.29 is 24.5 Å². The number of rotatable bonds is 3. The minimum absolute atomic E-state index is 0. The Morgan fingerprint density at radius 3 is 2.45 bits per heavy atom. The molecule has 0 bridgehead atoms. The molecule has 3 aromatic carbocycles. The summed E-state index contributed by atoms with van der Waals surface area (Å²) in [6, 6.07) is 21.6. The molecule has 2 heterocycles. The molecule has 0 unspecified atom stereocenters. The zero-order valence-corrected chi connectivity index (χ0v) is 18.3. The fourth-order valence-electron chi connectivity index (χ4n) is 3.66. The standard InChI is InChI=1S/C23H17N4O.Ir/c1-15-11-18(17-7-4-3-5-8-17)12-16(2)22(15)27-23(24-13-26-27)19-9-6-10-20-21(19)25-14-28-20;/h3-8,10-14H,1-2H3;/q-1;. The Bertz CT molecular complexity index is 1270. The van der Waals surface area contributed by atoms with Gasteiger partial charge in [0.15, 0.2) is 6.39 Å². The van der Waals surface area contributed by atoms with Crippen LogP contribution in [-0.4, -0.2) is 19.7 Å². The normalized spacial score (nSPS) is 10.8. The third-order valence-electron chi connectivity index (χ3n) is 4.88. The minimum Gasteiger partial charge on any atom is -0.464 e. The van der Waals surface area contributed by atoms with Gasteiger partial charge in [0.05, 0.1) is 17.1 Å². The molecule has 0 aliphatic rings. The molecule has 0 atom stereocenters. The van der Waals surface area contributed by atoms with Crippen LogP contribution in [0, 0.1) is 19.9 Å². The largest absolute Gasteiger partial charge is 0.464 e. The number of fused-ring (bicyclic) bond motifs is 1. The van der Waals surface area contributed by atoms with Gasteiger partial charge in [-0.2, -0.15) is 5.10 Å². The molecule has 5 aromatic rings. The van der Waals surface area contributed by atoms with Gasteiger partial charge < -0.3 is 4.42 Å². The van der Waals surface area contributed by atoms with Crippen LogP contribution in [0.4, 0.5) is 0 Å². The van der Waals surface area contributed by atoms with Crippen molar-refractivity contribution in [3.63, 3.8) is 0 Å². The summed E-state index contributed by atoms with van der Waals surface area (Å²) in [5.74, 6) is 0.693. The third kappa shape index (κ3) is 3.31. The van der Waals surface area contributed by atoms with E-state index in [1.165, 1.54) is 17.5 Å². The Morgan fingerprint density at radius 1 is 0.931 bits per heavy atom. The van der Waals surface area contributed by atoms with Crippen LogP contribution in [0.25, 0.3) is 39.3 Å². The molecule has 0 saturated heterocycles. The van der Waals surface area contributed by atoms with E-state index in [-0.39, 0.29) is 20.1 Å². The number of hydrogen-bond donors (Lipinski definition) is 0. The summed E-state index contributed by atoms with van der Waals surface area (Å²) >= 11 is 0. The summed E-state index contributed by atoms with van der Waals surface area (Å²) in [5, 5.41) is 4.51. The van der Waals surface area contributed by atoms with Crippen molar-refractivity contribution in [1.82, 2.24) is 19.7 Å². The van der Waals surface area contributed by atoms with Crippen LogP contribution in [0.3, 0.4) is 0 Å². The van der Waals surface area contributed by atoms with E-state index in [1.807, 2.05) is 22.9 Å². The smallest absolute Gasteiger partial charge is 0.170 e. The zero-order chi connectivity index (χ0) is 19.1. The van der Waals surface area contributed by atoms with Gasteiger partial charge in [-0.05, 0) is 48.2 Å². The number of oxazole rings is 1. The van der Waals surface area contributed by atoms with Crippen LogP contribution in [-0.2, 0) is 20.1 Å². The molecule has 0 aliphatic heterocycles. The minimum atomic E-state index is 0. The van der Waals surface area contributed by atoms with E-state index in [2.05, 4.69) is 71.4 Å². The average Bonchev–Trinajstić information content (AvgIpc) is 3.37. The quantitative estimate of drug-likeness (QED) is 0.288. The summed E-state index contributed by atoms with van der Waals surface area (Å²) in [6.07, 6.45) is 3.00. The SMILES string of the molecule is Cc1cc(-c2ccccc2)cc(C)c1-n1ncnc1-c1[c-]ccc2ocnc12.[Ir]. The second-order valence-corrected chi connectivity index (χ2v) is 6.74. The van der Waals surface area contributed by atoms with E-state index in [0.717, 1.165) is 27.9 Å². The molecule has 0 aliphatic carbocycles. The van der Waals surface area contributed by atoms with Gasteiger partial charge in [-0.3, -0.25) is 14.6 Å². The monoisotopic (exact) mass is 558 g/mol. The van der Waals surface area contributed by atoms with E-state index in [0.29, 0.717) is 11.4 Å². The van der Waals surface area contributed by atoms with E-state index in [9.17, 15) is 0 Å². The van der Waals surface area contributed by atoms with Crippen LogP contribution in [0.5, 0.6) is 0 Å². The molecule has 2 aromatic heterocycles. The molecule has 6 heteroatoms. The molecule has 145 valence electrons. The van der Waals surface area contributed by atoms with Gasteiger partial charge in [-0.15, -0.1) is 12.1 Å². The van der Waals surface area contributed by atoms with E-state index in [4.69, 9.17) is 4.42 Å². The topological polar surface area (TPSA) is 56.7 Å². The van der Waals surface area contributed by atoms with Gasteiger partial charge >= 0.3 is 0 Å². The molecule has 5 nitrogen and oxygen atoms in total. The molecule has 1 radical (unpaired) electrons. The third-order valence-corrected chi connectivity index (χ3v) is 4.88. The van der Waals surface area contributed by atoms with Gasteiger partial charge in [0.2, 0.25) is 0 Å². The molecule has 0 fully saturated rings. The van der Waals surface area contributed by atoms with Crippen LogP contribution in [0.1, 0.15) is 11.1 Å².